The second-order valence-electron chi connectivity index (χ2n) is 4.12. The lowest BCUT2D eigenvalue weighted by molar-refractivity contribution is 0.583. The van der Waals surface area contributed by atoms with Gasteiger partial charge in [-0.05, 0) is 12.8 Å². The van der Waals surface area contributed by atoms with Gasteiger partial charge in [0.05, 0.1) is 4.08 Å². The predicted octanol–water partition coefficient (Wildman–Crippen LogP) is 4.55. The highest BCUT2D eigenvalue weighted by atomic mass is 32.2. The van der Waals surface area contributed by atoms with Crippen LogP contribution in [0.4, 0.5) is 0 Å². The molecule has 0 nitrogen and oxygen atoms in total. The van der Waals surface area contributed by atoms with E-state index in [4.69, 9.17) is 6.42 Å². The summed E-state index contributed by atoms with van der Waals surface area (Å²) >= 11 is 4.31. The lowest BCUT2D eigenvalue weighted by Gasteiger charge is -2.26. The minimum absolute atomic E-state index is 0.486. The summed E-state index contributed by atoms with van der Waals surface area (Å²) in [7, 11) is 0. The third-order valence-electron chi connectivity index (χ3n) is 2.88. The first kappa shape index (κ1) is 13.3. The second kappa shape index (κ2) is 7.52. The average molecular weight is 242 g/mol. The molecule has 0 spiro atoms. The third-order valence-corrected chi connectivity index (χ3v) is 6.53. The highest BCUT2D eigenvalue weighted by Crippen LogP contribution is 2.50. The Morgan fingerprint density at radius 2 is 1.87 bits per heavy atom. The van der Waals surface area contributed by atoms with Crippen molar-refractivity contribution in [3.63, 3.8) is 0 Å². The molecule has 0 amide bonds. The van der Waals surface area contributed by atoms with Gasteiger partial charge in [0, 0.05) is 17.9 Å². The van der Waals surface area contributed by atoms with E-state index >= 15 is 0 Å². The first-order chi connectivity index (χ1) is 7.33. The number of unbranched alkanes of at least 4 members (excludes halogenated alkanes) is 3. The zero-order valence-electron chi connectivity index (χ0n) is 9.76. The largest absolute Gasteiger partial charge is 0.143 e. The van der Waals surface area contributed by atoms with Gasteiger partial charge in [0.25, 0.3) is 0 Å². The maximum Gasteiger partial charge on any atom is 0.0620 e. The quantitative estimate of drug-likeness (QED) is 0.474. The Hall–Kier alpha value is 0.260. The monoisotopic (exact) mass is 242 g/mol. The summed E-state index contributed by atoms with van der Waals surface area (Å²) in [6.45, 7) is 2.27. The molecule has 1 saturated heterocycles. The van der Waals surface area contributed by atoms with E-state index in [2.05, 4.69) is 36.4 Å². The molecule has 1 rings (SSSR count). The zero-order chi connectivity index (χ0) is 11.0. The SMILES string of the molecule is C#CCCC1(CCCCCC)SCCS1. The summed E-state index contributed by atoms with van der Waals surface area (Å²) in [5.74, 6) is 5.44. The molecule has 0 radical (unpaired) electrons. The van der Waals surface area contributed by atoms with E-state index in [1.807, 2.05) is 0 Å². The first-order valence-electron chi connectivity index (χ1n) is 6.04. The Morgan fingerprint density at radius 3 is 2.47 bits per heavy atom. The molecule has 86 valence electrons. The van der Waals surface area contributed by atoms with Crippen LogP contribution >= 0.6 is 23.5 Å². The van der Waals surface area contributed by atoms with Crippen molar-refractivity contribution < 1.29 is 0 Å². The molecule has 0 N–H and O–H groups in total. The van der Waals surface area contributed by atoms with Crippen LogP contribution in [0.15, 0.2) is 0 Å². The molecule has 0 saturated carbocycles. The molecule has 0 bridgehead atoms. The van der Waals surface area contributed by atoms with Crippen molar-refractivity contribution in [1.82, 2.24) is 0 Å². The van der Waals surface area contributed by atoms with Crippen molar-refractivity contribution in [2.24, 2.45) is 0 Å². The molecule has 1 aliphatic heterocycles. The van der Waals surface area contributed by atoms with Crippen LogP contribution < -0.4 is 0 Å². The van der Waals surface area contributed by atoms with Gasteiger partial charge in [-0.15, -0.1) is 35.9 Å². The number of thioether (sulfide) groups is 2. The standard InChI is InChI=1S/C13H22S2/c1-3-5-7-8-10-13(9-6-4-2)14-11-12-15-13/h2H,3,5-12H2,1H3. The van der Waals surface area contributed by atoms with Gasteiger partial charge in [0.2, 0.25) is 0 Å². The van der Waals surface area contributed by atoms with Gasteiger partial charge >= 0.3 is 0 Å². The van der Waals surface area contributed by atoms with Crippen LogP contribution in [-0.4, -0.2) is 15.6 Å². The molecule has 0 aromatic heterocycles. The average Bonchev–Trinajstić information content (AvgIpc) is 2.71. The molecule has 1 heterocycles. The van der Waals surface area contributed by atoms with Gasteiger partial charge in [-0.2, -0.15) is 0 Å². The van der Waals surface area contributed by atoms with Gasteiger partial charge in [0.15, 0.2) is 0 Å². The fourth-order valence-corrected chi connectivity index (χ4v) is 5.31. The van der Waals surface area contributed by atoms with Crippen LogP contribution in [0.1, 0.15) is 51.9 Å². The Balaban J connectivity index is 2.26. The summed E-state index contributed by atoms with van der Waals surface area (Å²) < 4.78 is 0.486. The molecule has 2 heteroatoms. The van der Waals surface area contributed by atoms with Crippen LogP contribution in [0.5, 0.6) is 0 Å². The maximum atomic E-state index is 5.37. The van der Waals surface area contributed by atoms with E-state index < -0.39 is 0 Å². The van der Waals surface area contributed by atoms with Crippen LogP contribution in [0, 0.1) is 12.3 Å². The van der Waals surface area contributed by atoms with Gasteiger partial charge in [-0.25, -0.2) is 0 Å². The Bertz CT molecular complexity index is 199. The number of rotatable bonds is 7. The van der Waals surface area contributed by atoms with Crippen molar-refractivity contribution in [3.05, 3.63) is 0 Å². The van der Waals surface area contributed by atoms with Gasteiger partial charge in [-0.1, -0.05) is 32.6 Å². The molecule has 0 unspecified atom stereocenters. The first-order valence-corrected chi connectivity index (χ1v) is 8.01. The zero-order valence-corrected chi connectivity index (χ0v) is 11.4. The van der Waals surface area contributed by atoms with Crippen molar-refractivity contribution in [3.8, 4) is 12.3 Å². The Labute approximate surface area is 103 Å². The van der Waals surface area contributed by atoms with Crippen LogP contribution in [0.3, 0.4) is 0 Å². The Morgan fingerprint density at radius 1 is 1.13 bits per heavy atom. The number of terminal acetylenes is 1. The van der Waals surface area contributed by atoms with Crippen LogP contribution in [0.25, 0.3) is 0 Å². The normalized spacial score (nSPS) is 18.9. The van der Waals surface area contributed by atoms with E-state index in [1.165, 1.54) is 50.0 Å². The highest BCUT2D eigenvalue weighted by Gasteiger charge is 2.33. The summed E-state index contributed by atoms with van der Waals surface area (Å²) in [5.41, 5.74) is 0. The van der Waals surface area contributed by atoms with Crippen molar-refractivity contribution >= 4 is 23.5 Å². The van der Waals surface area contributed by atoms with E-state index in [0.717, 1.165) is 6.42 Å². The van der Waals surface area contributed by atoms with Crippen molar-refractivity contribution in [2.75, 3.05) is 11.5 Å². The van der Waals surface area contributed by atoms with E-state index in [1.54, 1.807) is 0 Å². The maximum absolute atomic E-state index is 5.37. The van der Waals surface area contributed by atoms with Crippen molar-refractivity contribution in [1.29, 1.82) is 0 Å². The molecule has 1 fully saturated rings. The molecular formula is C13H22S2. The molecule has 15 heavy (non-hydrogen) atoms. The third kappa shape index (κ3) is 4.74. The molecule has 0 atom stereocenters. The molecule has 1 aliphatic rings. The molecular weight excluding hydrogens is 220 g/mol. The summed E-state index contributed by atoms with van der Waals surface area (Å²) in [6, 6.07) is 0. The van der Waals surface area contributed by atoms with Gasteiger partial charge in [-0.3, -0.25) is 0 Å². The molecule has 0 aliphatic carbocycles. The lowest BCUT2D eigenvalue weighted by Crippen LogP contribution is -2.16. The van der Waals surface area contributed by atoms with Crippen LogP contribution in [-0.2, 0) is 0 Å². The lowest BCUT2D eigenvalue weighted by atomic mass is 10.1. The Kier molecular flexibility index (Phi) is 6.68. The number of hydrogen-bond donors (Lipinski definition) is 0. The van der Waals surface area contributed by atoms with Crippen molar-refractivity contribution in [2.45, 2.75) is 55.9 Å². The van der Waals surface area contributed by atoms with E-state index in [-0.39, 0.29) is 0 Å². The number of hydrogen-bond acceptors (Lipinski definition) is 2. The van der Waals surface area contributed by atoms with E-state index in [9.17, 15) is 0 Å². The summed E-state index contributed by atoms with van der Waals surface area (Å²) in [5, 5.41) is 0. The molecule has 0 aromatic rings. The minimum Gasteiger partial charge on any atom is -0.143 e. The highest BCUT2D eigenvalue weighted by molar-refractivity contribution is 8.21. The van der Waals surface area contributed by atoms with E-state index in [0.29, 0.717) is 4.08 Å². The molecule has 0 aromatic carbocycles. The topological polar surface area (TPSA) is 0 Å². The van der Waals surface area contributed by atoms with Gasteiger partial charge < -0.3 is 0 Å². The smallest absolute Gasteiger partial charge is 0.0620 e. The summed E-state index contributed by atoms with van der Waals surface area (Å²) in [4.78, 5) is 0. The van der Waals surface area contributed by atoms with Gasteiger partial charge in [0.1, 0.15) is 0 Å². The second-order valence-corrected chi connectivity index (χ2v) is 7.34. The minimum atomic E-state index is 0.486. The fourth-order valence-electron chi connectivity index (χ4n) is 1.99. The predicted molar refractivity (Wildman–Crippen MR) is 74.5 cm³/mol. The van der Waals surface area contributed by atoms with Crippen LogP contribution in [0.2, 0.25) is 0 Å². The summed E-state index contributed by atoms with van der Waals surface area (Å²) in [6.07, 6.45) is 14.4. The fraction of sp³-hybridized carbons (Fsp3) is 0.846.